The van der Waals surface area contributed by atoms with E-state index in [9.17, 15) is 24.4 Å². The first-order valence-corrected chi connectivity index (χ1v) is 5.70. The maximum atomic E-state index is 13.1. The number of benzene rings is 1. The summed E-state index contributed by atoms with van der Waals surface area (Å²) in [6.45, 7) is 3.02. The Kier molecular flexibility index (Phi) is 4.55. The van der Waals surface area contributed by atoms with Gasteiger partial charge in [-0.3, -0.25) is 14.9 Å². The van der Waals surface area contributed by atoms with Crippen LogP contribution in [0.15, 0.2) is 18.2 Å². The predicted molar refractivity (Wildman–Crippen MR) is 66.3 cm³/mol. The average molecular weight is 270 g/mol. The van der Waals surface area contributed by atoms with Crippen molar-refractivity contribution in [3.63, 3.8) is 0 Å². The molecule has 19 heavy (non-hydrogen) atoms. The summed E-state index contributed by atoms with van der Waals surface area (Å²) in [4.78, 5) is 22.0. The fraction of sp³-hybridized carbons (Fsp3) is 0.417. The van der Waals surface area contributed by atoms with Crippen LogP contribution in [0, 0.1) is 15.9 Å². The highest BCUT2D eigenvalue weighted by molar-refractivity contribution is 5.98. The highest BCUT2D eigenvalue weighted by atomic mass is 19.1. The van der Waals surface area contributed by atoms with Crippen molar-refractivity contribution >= 4 is 11.6 Å². The van der Waals surface area contributed by atoms with Crippen LogP contribution in [-0.4, -0.2) is 28.1 Å². The lowest BCUT2D eigenvalue weighted by Gasteiger charge is -2.27. The van der Waals surface area contributed by atoms with E-state index in [2.05, 4.69) is 5.32 Å². The number of carbonyl (C=O) groups excluding carboxylic acids is 1. The number of aliphatic hydroxyl groups excluding tert-OH is 1. The van der Waals surface area contributed by atoms with Crippen molar-refractivity contribution in [2.45, 2.75) is 25.8 Å². The number of halogens is 1. The van der Waals surface area contributed by atoms with Crippen molar-refractivity contribution in [3.05, 3.63) is 39.7 Å². The molecule has 0 aromatic heterocycles. The quantitative estimate of drug-likeness (QED) is 0.628. The van der Waals surface area contributed by atoms with Crippen molar-refractivity contribution in [2.24, 2.45) is 0 Å². The standard InChI is InChI=1S/C12H15FN2O4/c1-3-12(2,7-16)14-11(17)9-6-8(13)4-5-10(9)15(18)19/h4-6,16H,3,7H2,1-2H3,(H,14,17). The van der Waals surface area contributed by atoms with Crippen molar-refractivity contribution in [1.82, 2.24) is 5.32 Å². The number of nitrogens with one attached hydrogen (secondary N) is 1. The monoisotopic (exact) mass is 270 g/mol. The molecular weight excluding hydrogens is 255 g/mol. The zero-order valence-electron chi connectivity index (χ0n) is 10.6. The smallest absolute Gasteiger partial charge is 0.282 e. The van der Waals surface area contributed by atoms with Gasteiger partial charge in [0.15, 0.2) is 0 Å². The van der Waals surface area contributed by atoms with E-state index in [0.29, 0.717) is 6.42 Å². The Labute approximate surface area is 109 Å². The summed E-state index contributed by atoms with van der Waals surface area (Å²) in [7, 11) is 0. The number of hydrogen-bond acceptors (Lipinski definition) is 4. The first-order chi connectivity index (χ1) is 8.83. The second kappa shape index (κ2) is 5.75. The van der Waals surface area contributed by atoms with E-state index in [1.165, 1.54) is 0 Å². The molecule has 1 aromatic carbocycles. The van der Waals surface area contributed by atoms with Crippen molar-refractivity contribution in [3.8, 4) is 0 Å². The summed E-state index contributed by atoms with van der Waals surface area (Å²) >= 11 is 0. The number of nitrogens with zero attached hydrogens (tertiary/aromatic N) is 1. The number of aliphatic hydroxyl groups is 1. The van der Waals surface area contributed by atoms with Gasteiger partial charge in [-0.25, -0.2) is 4.39 Å². The fourth-order valence-electron chi connectivity index (χ4n) is 1.43. The maximum Gasteiger partial charge on any atom is 0.282 e. The molecule has 1 amide bonds. The Morgan fingerprint density at radius 3 is 2.68 bits per heavy atom. The Balaban J connectivity index is 3.12. The van der Waals surface area contributed by atoms with Gasteiger partial charge in [-0.05, 0) is 25.5 Å². The number of hydrogen-bond donors (Lipinski definition) is 2. The molecule has 0 saturated carbocycles. The summed E-state index contributed by atoms with van der Waals surface area (Å²) in [6.07, 6.45) is 0.429. The van der Waals surface area contributed by atoms with E-state index in [0.717, 1.165) is 18.2 Å². The van der Waals surface area contributed by atoms with Crippen LogP contribution in [0.2, 0.25) is 0 Å². The van der Waals surface area contributed by atoms with Gasteiger partial charge >= 0.3 is 0 Å². The predicted octanol–water partition coefficient (Wildman–Crippen LogP) is 1.62. The van der Waals surface area contributed by atoms with Gasteiger partial charge in [0.25, 0.3) is 11.6 Å². The molecule has 1 rings (SSSR count). The molecule has 1 atom stereocenters. The van der Waals surface area contributed by atoms with Crippen LogP contribution in [-0.2, 0) is 0 Å². The van der Waals surface area contributed by atoms with Crippen LogP contribution < -0.4 is 5.32 Å². The van der Waals surface area contributed by atoms with Crippen molar-refractivity contribution in [1.29, 1.82) is 0 Å². The first-order valence-electron chi connectivity index (χ1n) is 5.70. The molecule has 104 valence electrons. The van der Waals surface area contributed by atoms with Crippen LogP contribution in [0.3, 0.4) is 0 Å². The lowest BCUT2D eigenvalue weighted by Crippen LogP contribution is -2.48. The zero-order valence-corrected chi connectivity index (χ0v) is 10.6. The molecule has 0 aliphatic heterocycles. The third-order valence-corrected chi connectivity index (χ3v) is 2.94. The Morgan fingerprint density at radius 2 is 2.21 bits per heavy atom. The second-order valence-electron chi connectivity index (χ2n) is 4.45. The summed E-state index contributed by atoms with van der Waals surface area (Å²) < 4.78 is 13.1. The van der Waals surface area contributed by atoms with E-state index in [-0.39, 0.29) is 12.2 Å². The van der Waals surface area contributed by atoms with Gasteiger partial charge in [0, 0.05) is 6.07 Å². The molecule has 0 saturated heterocycles. The van der Waals surface area contributed by atoms with Gasteiger partial charge in [-0.15, -0.1) is 0 Å². The molecule has 0 heterocycles. The molecular formula is C12H15FN2O4. The summed E-state index contributed by atoms with van der Waals surface area (Å²) in [5, 5.41) is 22.5. The lowest BCUT2D eigenvalue weighted by molar-refractivity contribution is -0.385. The largest absolute Gasteiger partial charge is 0.394 e. The normalized spacial score (nSPS) is 13.7. The van der Waals surface area contributed by atoms with Crippen LogP contribution in [0.1, 0.15) is 30.6 Å². The van der Waals surface area contributed by atoms with E-state index < -0.39 is 27.9 Å². The Hall–Kier alpha value is -2.02. The molecule has 0 fully saturated rings. The van der Waals surface area contributed by atoms with Gasteiger partial charge in [-0.1, -0.05) is 6.92 Å². The zero-order chi connectivity index (χ0) is 14.6. The fourth-order valence-corrected chi connectivity index (χ4v) is 1.43. The average Bonchev–Trinajstić information content (AvgIpc) is 2.38. The van der Waals surface area contributed by atoms with Crippen LogP contribution in [0.25, 0.3) is 0 Å². The topological polar surface area (TPSA) is 92.5 Å². The Morgan fingerprint density at radius 1 is 1.58 bits per heavy atom. The third kappa shape index (κ3) is 3.47. The lowest BCUT2D eigenvalue weighted by atomic mass is 9.99. The number of amides is 1. The minimum atomic E-state index is -0.905. The van der Waals surface area contributed by atoms with Crippen molar-refractivity contribution in [2.75, 3.05) is 6.61 Å². The summed E-state index contributed by atoms with van der Waals surface area (Å²) in [5.74, 6) is -1.53. The van der Waals surface area contributed by atoms with Crippen LogP contribution in [0.5, 0.6) is 0 Å². The third-order valence-electron chi connectivity index (χ3n) is 2.94. The molecule has 0 spiro atoms. The number of rotatable bonds is 5. The van der Waals surface area contributed by atoms with Crippen LogP contribution >= 0.6 is 0 Å². The van der Waals surface area contributed by atoms with Crippen LogP contribution in [0.4, 0.5) is 10.1 Å². The van der Waals surface area contributed by atoms with Gasteiger partial charge in [-0.2, -0.15) is 0 Å². The maximum absolute atomic E-state index is 13.1. The van der Waals surface area contributed by atoms with Gasteiger partial charge in [0.2, 0.25) is 0 Å². The van der Waals surface area contributed by atoms with Gasteiger partial charge in [0.1, 0.15) is 11.4 Å². The molecule has 1 aromatic rings. The van der Waals surface area contributed by atoms with Crippen molar-refractivity contribution < 1.29 is 19.2 Å². The van der Waals surface area contributed by atoms with Gasteiger partial charge in [0.05, 0.1) is 17.1 Å². The molecule has 6 nitrogen and oxygen atoms in total. The number of carbonyl (C=O) groups is 1. The number of nitro benzene ring substituents is 1. The summed E-state index contributed by atoms with van der Waals surface area (Å²) in [6, 6.07) is 2.66. The molecule has 0 bridgehead atoms. The molecule has 0 aliphatic carbocycles. The SMILES string of the molecule is CCC(C)(CO)NC(=O)c1cc(F)ccc1[N+](=O)[O-]. The summed E-state index contributed by atoms with van der Waals surface area (Å²) in [5.41, 5.74) is -1.74. The molecule has 1 unspecified atom stereocenters. The minimum Gasteiger partial charge on any atom is -0.394 e. The second-order valence-corrected chi connectivity index (χ2v) is 4.45. The highest BCUT2D eigenvalue weighted by Crippen LogP contribution is 2.20. The van der Waals surface area contributed by atoms with E-state index in [1.54, 1.807) is 13.8 Å². The minimum absolute atomic E-state index is 0.321. The molecule has 0 radical (unpaired) electrons. The molecule has 0 aliphatic rings. The van der Waals surface area contributed by atoms with Gasteiger partial charge < -0.3 is 10.4 Å². The van der Waals surface area contributed by atoms with E-state index in [1.807, 2.05) is 0 Å². The number of nitro groups is 1. The highest BCUT2D eigenvalue weighted by Gasteiger charge is 2.28. The van der Waals surface area contributed by atoms with E-state index in [4.69, 9.17) is 0 Å². The van der Waals surface area contributed by atoms with E-state index >= 15 is 0 Å². The first kappa shape index (κ1) is 15.0. The Bertz CT molecular complexity index is 501. The molecule has 2 N–H and O–H groups in total. The molecule has 7 heteroatoms.